The Labute approximate surface area is 162 Å². The van der Waals surface area contributed by atoms with E-state index in [1.807, 2.05) is 12.1 Å². The summed E-state index contributed by atoms with van der Waals surface area (Å²) in [5.74, 6) is 1.05. The van der Waals surface area contributed by atoms with Gasteiger partial charge >= 0.3 is 0 Å². The number of rotatable bonds is 4. The molecule has 0 saturated carbocycles. The van der Waals surface area contributed by atoms with Gasteiger partial charge < -0.3 is 14.2 Å². The van der Waals surface area contributed by atoms with Gasteiger partial charge in [-0.3, -0.25) is 4.79 Å². The van der Waals surface area contributed by atoms with E-state index in [9.17, 15) is 15.3 Å². The molecule has 6 nitrogen and oxygen atoms in total. The van der Waals surface area contributed by atoms with Crippen LogP contribution in [0.15, 0.2) is 47.5 Å². The van der Waals surface area contributed by atoms with Gasteiger partial charge in [-0.25, -0.2) is 0 Å². The largest absolute Gasteiger partial charge is 0.493 e. The third kappa shape index (κ3) is 2.98. The zero-order valence-electron chi connectivity index (χ0n) is 15.6. The Morgan fingerprint density at radius 2 is 1.50 bits per heavy atom. The molecular formula is C22H16N2O4. The lowest BCUT2D eigenvalue weighted by Crippen LogP contribution is -1.98. The van der Waals surface area contributed by atoms with E-state index in [-0.39, 0.29) is 16.9 Å². The molecule has 1 aliphatic rings. The first kappa shape index (κ1) is 18.8. The second kappa shape index (κ2) is 7.69. The van der Waals surface area contributed by atoms with Gasteiger partial charge in [0, 0.05) is 16.7 Å². The van der Waals surface area contributed by atoms with Crippen molar-refractivity contribution in [2.45, 2.75) is 0 Å². The van der Waals surface area contributed by atoms with Gasteiger partial charge in [0.2, 0.25) is 5.75 Å². The number of nitrogens with zero attached hydrogens (tertiary/aromatic N) is 2. The van der Waals surface area contributed by atoms with Gasteiger partial charge in [-0.05, 0) is 29.3 Å². The third-order valence-electron chi connectivity index (χ3n) is 4.43. The number of carbonyl (C=O) groups excluding carboxylic acids is 1. The van der Waals surface area contributed by atoms with Crippen molar-refractivity contribution in [1.82, 2.24) is 0 Å². The second-order valence-electron chi connectivity index (χ2n) is 5.87. The number of hydrogen-bond donors (Lipinski definition) is 0. The quantitative estimate of drug-likeness (QED) is 0.599. The van der Waals surface area contributed by atoms with Crippen LogP contribution in [0.3, 0.4) is 0 Å². The summed E-state index contributed by atoms with van der Waals surface area (Å²) in [6.07, 6.45) is 1.62. The Morgan fingerprint density at radius 1 is 0.929 bits per heavy atom. The first-order chi connectivity index (χ1) is 13.6. The van der Waals surface area contributed by atoms with Gasteiger partial charge in [0.1, 0.15) is 17.7 Å². The Bertz CT molecular complexity index is 1070. The molecule has 0 heterocycles. The lowest BCUT2D eigenvalue weighted by Gasteiger charge is -2.13. The zero-order valence-corrected chi connectivity index (χ0v) is 15.6. The first-order valence-electron chi connectivity index (χ1n) is 8.30. The van der Waals surface area contributed by atoms with Crippen LogP contribution in [0.1, 0.15) is 21.5 Å². The highest BCUT2D eigenvalue weighted by atomic mass is 16.5. The Balaban J connectivity index is 2.27. The van der Waals surface area contributed by atoms with E-state index in [2.05, 4.69) is 0 Å². The average Bonchev–Trinajstić information content (AvgIpc) is 3.00. The van der Waals surface area contributed by atoms with Crippen molar-refractivity contribution in [2.75, 3.05) is 21.3 Å². The molecule has 0 aliphatic heterocycles. The monoisotopic (exact) mass is 372 g/mol. The minimum Gasteiger partial charge on any atom is -0.493 e. The van der Waals surface area contributed by atoms with Crippen LogP contribution in [0.25, 0.3) is 11.6 Å². The highest BCUT2D eigenvalue weighted by Crippen LogP contribution is 2.42. The Kier molecular flexibility index (Phi) is 5.15. The van der Waals surface area contributed by atoms with E-state index in [0.29, 0.717) is 39.5 Å². The predicted octanol–water partition coefficient (Wildman–Crippen LogP) is 3.79. The topological polar surface area (TPSA) is 92.3 Å². The number of nitriles is 2. The molecule has 0 N–H and O–H groups in total. The molecule has 28 heavy (non-hydrogen) atoms. The molecule has 0 fully saturated rings. The number of carbonyl (C=O) groups is 1. The molecule has 0 spiro atoms. The van der Waals surface area contributed by atoms with Crippen molar-refractivity contribution in [3.63, 3.8) is 0 Å². The molecule has 0 radical (unpaired) electrons. The lowest BCUT2D eigenvalue weighted by atomic mass is 9.98. The number of allylic oxidation sites excluding steroid dienone is 3. The molecule has 0 unspecified atom stereocenters. The van der Waals surface area contributed by atoms with Crippen molar-refractivity contribution in [2.24, 2.45) is 0 Å². The predicted molar refractivity (Wildman–Crippen MR) is 103 cm³/mol. The summed E-state index contributed by atoms with van der Waals surface area (Å²) in [4.78, 5) is 13.0. The summed E-state index contributed by atoms with van der Waals surface area (Å²) in [6, 6.07) is 14.1. The number of fused-ring (bicyclic) bond motifs is 1. The number of ether oxygens (including phenoxy) is 3. The van der Waals surface area contributed by atoms with Crippen LogP contribution in [-0.2, 0) is 0 Å². The average molecular weight is 372 g/mol. The summed E-state index contributed by atoms with van der Waals surface area (Å²) in [5, 5.41) is 18.8. The van der Waals surface area contributed by atoms with Gasteiger partial charge in [0.15, 0.2) is 17.3 Å². The van der Waals surface area contributed by atoms with Crippen LogP contribution >= 0.6 is 0 Å². The van der Waals surface area contributed by atoms with Crippen LogP contribution < -0.4 is 14.2 Å². The number of methoxy groups -OCH3 is 3. The fourth-order valence-electron chi connectivity index (χ4n) is 3.20. The lowest BCUT2D eigenvalue weighted by molar-refractivity contribution is 0.104. The number of benzene rings is 2. The van der Waals surface area contributed by atoms with Crippen molar-refractivity contribution >= 4 is 17.4 Å². The normalized spacial score (nSPS) is 13.5. The summed E-state index contributed by atoms with van der Waals surface area (Å²) < 4.78 is 16.0. The van der Waals surface area contributed by atoms with Crippen molar-refractivity contribution < 1.29 is 19.0 Å². The fourth-order valence-corrected chi connectivity index (χ4v) is 3.20. The van der Waals surface area contributed by atoms with Gasteiger partial charge in [-0.2, -0.15) is 10.5 Å². The molecule has 3 rings (SSSR count). The first-order valence-corrected chi connectivity index (χ1v) is 8.30. The van der Waals surface area contributed by atoms with E-state index in [1.165, 1.54) is 21.3 Å². The molecule has 2 aromatic rings. The Hall–Kier alpha value is -4.03. The van der Waals surface area contributed by atoms with Gasteiger partial charge in [0.05, 0.1) is 21.3 Å². The third-order valence-corrected chi connectivity index (χ3v) is 4.43. The molecule has 1 aliphatic carbocycles. The number of ketones is 1. The van der Waals surface area contributed by atoms with Crippen LogP contribution in [0.2, 0.25) is 0 Å². The van der Waals surface area contributed by atoms with Crippen LogP contribution in [-0.4, -0.2) is 27.1 Å². The smallest absolute Gasteiger partial charge is 0.203 e. The maximum Gasteiger partial charge on any atom is 0.203 e. The SMILES string of the molecule is COc1cc(/C=C2\C(=O)c3ccccc3C2=C(C#N)C#N)cc(OC)c1OC. The molecule has 2 aromatic carbocycles. The van der Waals surface area contributed by atoms with Crippen LogP contribution in [0.5, 0.6) is 17.2 Å². The van der Waals surface area contributed by atoms with Crippen molar-refractivity contribution in [1.29, 1.82) is 10.5 Å². The summed E-state index contributed by atoms with van der Waals surface area (Å²) in [7, 11) is 4.50. The van der Waals surface area contributed by atoms with E-state index in [1.54, 1.807) is 42.5 Å². The van der Waals surface area contributed by atoms with Gasteiger partial charge in [-0.1, -0.05) is 24.3 Å². The van der Waals surface area contributed by atoms with E-state index in [4.69, 9.17) is 14.2 Å². The maximum atomic E-state index is 13.0. The summed E-state index contributed by atoms with van der Waals surface area (Å²) in [6.45, 7) is 0. The highest BCUT2D eigenvalue weighted by Gasteiger charge is 2.32. The second-order valence-corrected chi connectivity index (χ2v) is 5.87. The molecule has 0 bridgehead atoms. The van der Waals surface area contributed by atoms with E-state index < -0.39 is 0 Å². The molecule has 0 saturated heterocycles. The number of hydrogen-bond acceptors (Lipinski definition) is 6. The molecule has 6 heteroatoms. The fraction of sp³-hybridized carbons (Fsp3) is 0.136. The molecule has 0 atom stereocenters. The molecule has 0 aromatic heterocycles. The van der Waals surface area contributed by atoms with E-state index >= 15 is 0 Å². The van der Waals surface area contributed by atoms with Gasteiger partial charge in [-0.15, -0.1) is 0 Å². The van der Waals surface area contributed by atoms with Crippen LogP contribution in [0, 0.1) is 22.7 Å². The Morgan fingerprint density at radius 3 is 2.00 bits per heavy atom. The minimum absolute atomic E-state index is 0.114. The number of Topliss-reactive ketones (excluding diaryl/α,β-unsaturated/α-hetero) is 1. The van der Waals surface area contributed by atoms with Crippen molar-refractivity contribution in [3.8, 4) is 29.4 Å². The molecule has 138 valence electrons. The standard InChI is InChI=1S/C22H16N2O4/c1-26-18-9-13(10-19(27-2)22(18)28-3)8-17-20(14(11-23)12-24)15-6-4-5-7-16(15)21(17)25/h4-10H,1-3H3/b17-8-. The minimum atomic E-state index is -0.248. The zero-order chi connectivity index (χ0) is 20.3. The van der Waals surface area contributed by atoms with Gasteiger partial charge in [0.25, 0.3) is 0 Å². The summed E-state index contributed by atoms with van der Waals surface area (Å²) >= 11 is 0. The maximum absolute atomic E-state index is 13.0. The van der Waals surface area contributed by atoms with Crippen LogP contribution in [0.4, 0.5) is 0 Å². The molecule has 0 amide bonds. The van der Waals surface area contributed by atoms with Crippen molar-refractivity contribution in [3.05, 3.63) is 64.2 Å². The molecular weight excluding hydrogens is 356 g/mol. The van der Waals surface area contributed by atoms with E-state index in [0.717, 1.165) is 0 Å². The summed E-state index contributed by atoms with van der Waals surface area (Å²) in [5.41, 5.74) is 2.13. The highest BCUT2D eigenvalue weighted by molar-refractivity contribution is 6.29.